The Morgan fingerprint density at radius 1 is 1.33 bits per heavy atom. The van der Waals surface area contributed by atoms with E-state index in [9.17, 15) is 9.90 Å². The van der Waals surface area contributed by atoms with Crippen molar-refractivity contribution in [2.24, 2.45) is 0 Å². The van der Waals surface area contributed by atoms with Crippen molar-refractivity contribution in [3.8, 4) is 0 Å². The molecule has 1 aliphatic rings. The van der Waals surface area contributed by atoms with Crippen LogP contribution in [0.4, 0.5) is 0 Å². The Kier molecular flexibility index (Phi) is 3.13. The Bertz CT molecular complexity index is 344. The maximum absolute atomic E-state index is 11.1. The summed E-state index contributed by atoms with van der Waals surface area (Å²) in [4.78, 5) is 11.1. The summed E-state index contributed by atoms with van der Waals surface area (Å²) in [5.41, 5.74) is 1.27. The number of hydrogen-bond acceptors (Lipinski definition) is 1. The normalized spacial score (nSPS) is 18.1. The van der Waals surface area contributed by atoms with Crippen molar-refractivity contribution in [1.82, 2.24) is 0 Å². The van der Waals surface area contributed by atoms with E-state index in [0.717, 1.165) is 24.6 Å². The third-order valence-corrected chi connectivity index (χ3v) is 6.29. The quantitative estimate of drug-likeness (QED) is 0.852. The van der Waals surface area contributed by atoms with Gasteiger partial charge in [0.25, 0.3) is 0 Å². The van der Waals surface area contributed by atoms with Gasteiger partial charge in [-0.3, -0.25) is 0 Å². The molecule has 0 amide bonds. The first kappa shape index (κ1) is 10.7. The maximum atomic E-state index is 11.1. The van der Waals surface area contributed by atoms with Gasteiger partial charge in [-0.15, -0.1) is 0 Å². The first-order valence-corrected chi connectivity index (χ1v) is 7.21. The molecule has 0 atom stereocenters. The number of carbonyl (C=O) groups is 1. The minimum absolute atomic E-state index is 0.193. The number of carboxylic acids is 1. The summed E-state index contributed by atoms with van der Waals surface area (Å²) in [6.45, 7) is 0. The van der Waals surface area contributed by atoms with Crippen LogP contribution in [0.2, 0.25) is 4.31 Å². The standard InChI is InChI=1S/C12H14O2Se/c13-11(14)12(7-4-8-12)15-9-10-5-2-1-3-6-10/h1-3,5-6H,4,7-9H2,(H,13,14). The van der Waals surface area contributed by atoms with E-state index in [2.05, 4.69) is 12.1 Å². The van der Waals surface area contributed by atoms with E-state index in [1.54, 1.807) is 0 Å². The van der Waals surface area contributed by atoms with Gasteiger partial charge in [-0.2, -0.15) is 0 Å². The molecule has 1 aromatic rings. The van der Waals surface area contributed by atoms with Crippen LogP contribution < -0.4 is 0 Å². The molecule has 0 aromatic heterocycles. The zero-order chi connectivity index (χ0) is 10.7. The molecule has 0 heterocycles. The van der Waals surface area contributed by atoms with Crippen LogP contribution in [0.15, 0.2) is 30.3 Å². The average molecular weight is 269 g/mol. The van der Waals surface area contributed by atoms with Crippen LogP contribution in [0.25, 0.3) is 0 Å². The first-order valence-electron chi connectivity index (χ1n) is 5.14. The molecule has 2 nitrogen and oxygen atoms in total. The van der Waals surface area contributed by atoms with E-state index in [1.807, 2.05) is 18.2 Å². The second-order valence-corrected chi connectivity index (χ2v) is 6.78. The molecule has 1 N–H and O–H groups in total. The fraction of sp³-hybridized carbons (Fsp3) is 0.417. The molecule has 0 radical (unpaired) electrons. The van der Waals surface area contributed by atoms with Crippen molar-refractivity contribution in [3.63, 3.8) is 0 Å². The molecule has 1 saturated carbocycles. The second-order valence-electron chi connectivity index (χ2n) is 3.93. The Hall–Kier alpha value is -0.791. The van der Waals surface area contributed by atoms with E-state index in [0.29, 0.717) is 0 Å². The summed E-state index contributed by atoms with van der Waals surface area (Å²) < 4.78 is -0.344. The van der Waals surface area contributed by atoms with Crippen molar-refractivity contribution in [2.75, 3.05) is 0 Å². The van der Waals surface area contributed by atoms with Gasteiger partial charge < -0.3 is 0 Å². The van der Waals surface area contributed by atoms with Crippen LogP contribution in [0.1, 0.15) is 24.8 Å². The Balaban J connectivity index is 1.95. The predicted molar refractivity (Wildman–Crippen MR) is 60.1 cm³/mol. The zero-order valence-electron chi connectivity index (χ0n) is 8.48. The molecule has 0 bridgehead atoms. The SMILES string of the molecule is O=C(O)C1([Se]Cc2ccccc2)CCC1. The monoisotopic (exact) mass is 270 g/mol. The minimum atomic E-state index is -0.579. The van der Waals surface area contributed by atoms with Crippen LogP contribution in [-0.4, -0.2) is 26.0 Å². The van der Waals surface area contributed by atoms with Crippen LogP contribution >= 0.6 is 0 Å². The summed E-state index contributed by atoms with van der Waals surface area (Å²) in [7, 11) is 0. The summed E-state index contributed by atoms with van der Waals surface area (Å²) >= 11 is 0.193. The molecular formula is C12H14O2Se. The van der Waals surface area contributed by atoms with E-state index < -0.39 is 5.97 Å². The predicted octanol–water partition coefficient (Wildman–Crippen LogP) is 2.32. The van der Waals surface area contributed by atoms with Crippen LogP contribution in [0.3, 0.4) is 0 Å². The van der Waals surface area contributed by atoms with Gasteiger partial charge in [0, 0.05) is 0 Å². The topological polar surface area (TPSA) is 37.3 Å². The van der Waals surface area contributed by atoms with E-state index in [1.165, 1.54) is 5.56 Å². The molecule has 1 fully saturated rings. The molecule has 0 spiro atoms. The molecule has 15 heavy (non-hydrogen) atoms. The molecule has 80 valence electrons. The summed E-state index contributed by atoms with van der Waals surface area (Å²) in [6.07, 6.45) is 2.85. The van der Waals surface area contributed by atoms with Gasteiger partial charge in [-0.25, -0.2) is 0 Å². The van der Waals surface area contributed by atoms with Crippen LogP contribution in [-0.2, 0) is 10.1 Å². The molecule has 0 saturated heterocycles. The second kappa shape index (κ2) is 4.38. The van der Waals surface area contributed by atoms with Gasteiger partial charge in [0.05, 0.1) is 0 Å². The fourth-order valence-corrected chi connectivity index (χ4v) is 4.52. The van der Waals surface area contributed by atoms with Crippen molar-refractivity contribution in [3.05, 3.63) is 35.9 Å². The number of hydrogen-bond donors (Lipinski definition) is 1. The Morgan fingerprint density at radius 2 is 2.00 bits per heavy atom. The van der Waals surface area contributed by atoms with Crippen LogP contribution in [0, 0.1) is 0 Å². The molecular weight excluding hydrogens is 255 g/mol. The Morgan fingerprint density at radius 3 is 2.47 bits per heavy atom. The van der Waals surface area contributed by atoms with Crippen molar-refractivity contribution in [1.29, 1.82) is 0 Å². The number of rotatable bonds is 4. The van der Waals surface area contributed by atoms with Crippen molar-refractivity contribution in [2.45, 2.75) is 28.9 Å². The van der Waals surface area contributed by atoms with Crippen LogP contribution in [0.5, 0.6) is 0 Å². The third-order valence-electron chi connectivity index (χ3n) is 2.91. The average Bonchev–Trinajstić information content (AvgIpc) is 2.17. The Labute approximate surface area is 95.9 Å². The number of carboxylic acid groups (broad SMARTS) is 1. The third kappa shape index (κ3) is 2.24. The molecule has 0 unspecified atom stereocenters. The van der Waals surface area contributed by atoms with Gasteiger partial charge in [0.15, 0.2) is 0 Å². The van der Waals surface area contributed by atoms with E-state index in [-0.39, 0.29) is 19.3 Å². The van der Waals surface area contributed by atoms with Gasteiger partial charge in [0.1, 0.15) is 0 Å². The van der Waals surface area contributed by atoms with Gasteiger partial charge in [0.2, 0.25) is 0 Å². The molecule has 0 aliphatic heterocycles. The molecule has 3 heteroatoms. The zero-order valence-corrected chi connectivity index (χ0v) is 10.2. The van der Waals surface area contributed by atoms with Gasteiger partial charge in [-0.1, -0.05) is 0 Å². The van der Waals surface area contributed by atoms with Crippen molar-refractivity contribution < 1.29 is 9.90 Å². The summed E-state index contributed by atoms with van der Waals surface area (Å²) in [5, 5.41) is 10.1. The fourth-order valence-electron chi connectivity index (χ4n) is 1.71. The first-order chi connectivity index (χ1) is 7.23. The molecule has 1 aliphatic carbocycles. The van der Waals surface area contributed by atoms with Gasteiger partial charge >= 0.3 is 95.6 Å². The summed E-state index contributed by atoms with van der Waals surface area (Å²) in [5.74, 6) is -0.579. The van der Waals surface area contributed by atoms with Crippen molar-refractivity contribution >= 4 is 20.9 Å². The summed E-state index contributed by atoms with van der Waals surface area (Å²) in [6, 6.07) is 10.2. The number of benzene rings is 1. The van der Waals surface area contributed by atoms with E-state index >= 15 is 0 Å². The van der Waals surface area contributed by atoms with E-state index in [4.69, 9.17) is 0 Å². The molecule has 1 aromatic carbocycles. The number of aliphatic carboxylic acids is 1. The molecule has 2 rings (SSSR count). The van der Waals surface area contributed by atoms with Gasteiger partial charge in [-0.05, 0) is 0 Å².